The number of rotatable bonds is 26. The Morgan fingerprint density at radius 3 is 1.46 bits per heavy atom. The van der Waals surface area contributed by atoms with Crippen LogP contribution in [-0.4, -0.2) is 143 Å². The van der Waals surface area contributed by atoms with Crippen LogP contribution in [-0.2, 0) is 87.7 Å². The van der Waals surface area contributed by atoms with E-state index in [4.69, 9.17) is 34.2 Å². The predicted octanol–water partition coefficient (Wildman–Crippen LogP) is 3.43. The molecule has 4 aliphatic rings. The first-order valence-corrected chi connectivity index (χ1v) is 23.8. The number of anilines is 2. The van der Waals surface area contributed by atoms with Crippen molar-refractivity contribution in [3.8, 4) is 0 Å². The number of nitrogens with one attached hydrogen (secondary N) is 2. The van der Waals surface area contributed by atoms with Crippen molar-refractivity contribution in [2.75, 3.05) is 89.7 Å². The van der Waals surface area contributed by atoms with Crippen LogP contribution in [0.2, 0.25) is 0 Å². The third-order valence-corrected chi connectivity index (χ3v) is 12.6. The number of aryl methyl sites for hydroxylation is 4. The van der Waals surface area contributed by atoms with Crippen LogP contribution in [0, 0.1) is 5.41 Å². The summed E-state index contributed by atoms with van der Waals surface area (Å²) < 4.78 is 32.6. The van der Waals surface area contributed by atoms with E-state index in [-0.39, 0.29) is 75.7 Å². The molecule has 2 aromatic rings. The predicted molar refractivity (Wildman–Crippen MR) is 245 cm³/mol. The van der Waals surface area contributed by atoms with Gasteiger partial charge < -0.3 is 54.6 Å². The molecule has 2 saturated heterocycles. The molecule has 0 saturated carbocycles. The second kappa shape index (κ2) is 25.6. The zero-order valence-electron chi connectivity index (χ0n) is 38.8. The Bertz CT molecular complexity index is 1940. The first-order chi connectivity index (χ1) is 32.4. The smallest absolute Gasteiger partial charge is 0.318 e. The van der Waals surface area contributed by atoms with Gasteiger partial charge in [-0.25, -0.2) is 0 Å². The molecule has 18 heteroatoms. The molecule has 18 nitrogen and oxygen atoms in total. The summed E-state index contributed by atoms with van der Waals surface area (Å²) >= 11 is 0. The molecule has 2 aromatic carbocycles. The topological polar surface area (TPSA) is 231 Å². The Balaban J connectivity index is 0.960. The van der Waals surface area contributed by atoms with Gasteiger partial charge in [0.25, 0.3) is 0 Å². The minimum absolute atomic E-state index is 0.0321. The monoisotopic (exact) mass is 933 g/mol. The molecule has 0 unspecified atom stereocenters. The van der Waals surface area contributed by atoms with Gasteiger partial charge in [0.2, 0.25) is 23.6 Å². The number of nitrogens with two attached hydrogens (primary N) is 1. The number of carbonyl (C=O) groups is 7. The van der Waals surface area contributed by atoms with Crippen molar-refractivity contribution in [1.29, 1.82) is 0 Å². The van der Waals surface area contributed by atoms with Crippen LogP contribution in [0.3, 0.4) is 0 Å². The van der Waals surface area contributed by atoms with Crippen LogP contribution >= 0.6 is 0 Å². The average molecular weight is 934 g/mol. The minimum atomic E-state index is -1.67. The summed E-state index contributed by atoms with van der Waals surface area (Å²) in [6.45, 7) is 3.10. The highest BCUT2D eigenvalue weighted by atomic mass is 16.6. The summed E-state index contributed by atoms with van der Waals surface area (Å²) in [6, 6.07) is 10.4. The largest absolute Gasteiger partial charge is 0.464 e. The fourth-order valence-corrected chi connectivity index (χ4v) is 8.91. The van der Waals surface area contributed by atoms with E-state index in [9.17, 15) is 33.6 Å². The second-order valence-corrected chi connectivity index (χ2v) is 17.8. The SMILES string of the molecule is CC(COC(=O)CCC(=O)N1CCC[C@H]1C(=O)Nc1ccc2c(c1)CCC2)(COC(=O)CCC(=O)N1CCC[C@H]1C(=O)Nc1ccc2c(c1)CCC2)C(=O)OCCOCCOCCOCCN. The molecular weight excluding hydrogens is 867 g/mol. The van der Waals surface area contributed by atoms with E-state index in [1.807, 2.05) is 36.4 Å². The van der Waals surface area contributed by atoms with Gasteiger partial charge in [-0.05, 0) is 118 Å². The number of nitrogens with zero attached hydrogens (tertiary/aromatic N) is 2. The van der Waals surface area contributed by atoms with E-state index in [1.54, 1.807) is 0 Å². The first kappa shape index (κ1) is 51.0. The molecule has 0 spiro atoms. The van der Waals surface area contributed by atoms with E-state index in [2.05, 4.69) is 10.6 Å². The lowest BCUT2D eigenvalue weighted by molar-refractivity contribution is -0.171. The summed E-state index contributed by atoms with van der Waals surface area (Å²) in [5, 5.41) is 5.91. The fraction of sp³-hybridized carbons (Fsp3) is 0.612. The lowest BCUT2D eigenvalue weighted by Gasteiger charge is -2.27. The number of fused-ring (bicyclic) bond motifs is 2. The Hall–Kier alpha value is -5.43. The molecule has 4 amide bonds. The van der Waals surface area contributed by atoms with Gasteiger partial charge in [0.1, 0.15) is 37.3 Å². The van der Waals surface area contributed by atoms with Crippen molar-refractivity contribution in [3.63, 3.8) is 0 Å². The molecule has 0 bridgehead atoms. The highest BCUT2D eigenvalue weighted by Gasteiger charge is 2.40. The van der Waals surface area contributed by atoms with Gasteiger partial charge in [-0.2, -0.15) is 0 Å². The molecular formula is C49H67N5O13. The number of esters is 3. The number of amides is 4. The van der Waals surface area contributed by atoms with E-state index in [1.165, 1.54) is 39.0 Å². The van der Waals surface area contributed by atoms with E-state index in [0.717, 1.165) is 38.5 Å². The zero-order chi connectivity index (χ0) is 47.6. The van der Waals surface area contributed by atoms with Gasteiger partial charge in [0, 0.05) is 43.9 Å². The lowest BCUT2D eigenvalue weighted by Crippen LogP contribution is -2.43. The standard InChI is InChI=1S/C49H67N5O13/c1-49(48(61)65-29-28-64-27-26-63-25-24-62-23-20-50,32-66-44(57)18-16-42(55)53-21-4-10-40(53)46(59)51-38-14-12-34-6-2-8-36(34)30-38)33-67-45(58)19-17-43(56)54-22-5-11-41(54)47(60)52-39-15-13-35-7-3-9-37(35)31-39/h12-15,30-31,40-41H,2-11,16-29,32-33,50H2,1H3,(H,51,59)(H,52,60)/t40-,41-/m0/s1. The van der Waals surface area contributed by atoms with Crippen LogP contribution < -0.4 is 16.4 Å². The number of hydrogen-bond donors (Lipinski definition) is 3. The summed E-state index contributed by atoms with van der Waals surface area (Å²) in [7, 11) is 0. The number of carbonyl (C=O) groups excluding carboxylic acids is 7. The molecule has 366 valence electrons. The Morgan fingerprint density at radius 2 is 1.00 bits per heavy atom. The van der Waals surface area contributed by atoms with Crippen LogP contribution in [0.15, 0.2) is 36.4 Å². The summed E-state index contributed by atoms with van der Waals surface area (Å²) in [4.78, 5) is 95.8. The molecule has 2 fully saturated rings. The first-order valence-electron chi connectivity index (χ1n) is 23.8. The van der Waals surface area contributed by atoms with Gasteiger partial charge in [-0.1, -0.05) is 12.1 Å². The quantitative estimate of drug-likeness (QED) is 0.0698. The highest BCUT2D eigenvalue weighted by Crippen LogP contribution is 2.29. The second-order valence-electron chi connectivity index (χ2n) is 17.8. The third kappa shape index (κ3) is 15.0. The van der Waals surface area contributed by atoms with Crippen LogP contribution in [0.25, 0.3) is 0 Å². The van der Waals surface area contributed by atoms with Gasteiger partial charge in [0.05, 0.1) is 52.5 Å². The molecule has 2 aliphatic heterocycles. The van der Waals surface area contributed by atoms with E-state index in [0.29, 0.717) is 76.5 Å². The van der Waals surface area contributed by atoms with Gasteiger partial charge in [-0.3, -0.25) is 33.6 Å². The summed E-state index contributed by atoms with van der Waals surface area (Å²) in [5.41, 5.74) is 10.1. The molecule has 6 rings (SSSR count). The summed E-state index contributed by atoms with van der Waals surface area (Å²) in [5.74, 6) is -3.70. The normalized spacial score (nSPS) is 17.5. The van der Waals surface area contributed by atoms with Crippen molar-refractivity contribution in [1.82, 2.24) is 9.80 Å². The molecule has 2 heterocycles. The van der Waals surface area contributed by atoms with Crippen molar-refractivity contribution >= 4 is 52.9 Å². The van der Waals surface area contributed by atoms with Crippen LogP contribution in [0.5, 0.6) is 0 Å². The van der Waals surface area contributed by atoms with Crippen molar-refractivity contribution in [2.24, 2.45) is 11.1 Å². The van der Waals surface area contributed by atoms with Crippen molar-refractivity contribution in [3.05, 3.63) is 58.7 Å². The Labute approximate surface area is 392 Å². The number of benzene rings is 2. The number of likely N-dealkylation sites (tertiary alicyclic amines) is 2. The van der Waals surface area contributed by atoms with Crippen molar-refractivity contribution in [2.45, 2.75) is 109 Å². The lowest BCUT2D eigenvalue weighted by atomic mass is 9.93. The minimum Gasteiger partial charge on any atom is -0.464 e. The maximum absolute atomic E-state index is 13.5. The Morgan fingerprint density at radius 1 is 0.567 bits per heavy atom. The third-order valence-electron chi connectivity index (χ3n) is 12.6. The zero-order valence-corrected chi connectivity index (χ0v) is 38.8. The van der Waals surface area contributed by atoms with Crippen molar-refractivity contribution < 1.29 is 62.0 Å². The maximum Gasteiger partial charge on any atom is 0.318 e. The molecule has 0 aromatic heterocycles. The van der Waals surface area contributed by atoms with Crippen LogP contribution in [0.4, 0.5) is 11.4 Å². The molecule has 67 heavy (non-hydrogen) atoms. The maximum atomic E-state index is 13.5. The Kier molecular flexibility index (Phi) is 19.5. The van der Waals surface area contributed by atoms with E-state index >= 15 is 0 Å². The number of ether oxygens (including phenoxy) is 6. The highest BCUT2D eigenvalue weighted by molar-refractivity contribution is 5.99. The van der Waals surface area contributed by atoms with Gasteiger partial charge >= 0.3 is 17.9 Å². The molecule has 2 atom stereocenters. The summed E-state index contributed by atoms with van der Waals surface area (Å²) in [6.07, 6.45) is 7.35. The average Bonchev–Trinajstić information content (AvgIpc) is 4.18. The van der Waals surface area contributed by atoms with Gasteiger partial charge in [-0.15, -0.1) is 0 Å². The molecule has 4 N–H and O–H groups in total. The van der Waals surface area contributed by atoms with Gasteiger partial charge in [0.15, 0.2) is 0 Å². The van der Waals surface area contributed by atoms with E-state index < -0.39 is 48.6 Å². The fourth-order valence-electron chi connectivity index (χ4n) is 8.91. The molecule has 2 aliphatic carbocycles. The number of hydrogen-bond acceptors (Lipinski definition) is 14. The molecule has 0 radical (unpaired) electrons. The van der Waals surface area contributed by atoms with Crippen LogP contribution in [0.1, 0.15) is 93.4 Å².